The van der Waals surface area contributed by atoms with Crippen LogP contribution in [0.25, 0.3) is 0 Å². The van der Waals surface area contributed by atoms with Gasteiger partial charge in [0.1, 0.15) is 5.82 Å². The predicted octanol–water partition coefficient (Wildman–Crippen LogP) is 1.09. The van der Waals surface area contributed by atoms with Crippen LogP contribution >= 0.6 is 0 Å². The molecule has 1 heterocycles. The lowest BCUT2D eigenvalue weighted by Crippen LogP contribution is -1.98. The number of anilines is 1. The number of aromatic nitrogens is 1. The molecule has 0 aliphatic rings. The number of nitrogens with zero attached hydrogens (tertiary/aromatic N) is 1. The highest BCUT2D eigenvalue weighted by Gasteiger charge is 2.09. The summed E-state index contributed by atoms with van der Waals surface area (Å²) in [5.74, 6) is -0.00292. The van der Waals surface area contributed by atoms with E-state index in [4.69, 9.17) is 10.8 Å². The van der Waals surface area contributed by atoms with Crippen LogP contribution in [0.1, 0.15) is 17.7 Å². The molecule has 1 aromatic heterocycles. The highest BCUT2D eigenvalue weighted by molar-refractivity contribution is 5.35. The monoisotopic (exact) mass is 174 g/mol. The fourth-order valence-electron chi connectivity index (χ4n) is 0.842. The number of hydrogen-bond donors (Lipinski definition) is 2. The molecule has 1 rings (SSSR count). The van der Waals surface area contributed by atoms with Crippen LogP contribution in [-0.4, -0.2) is 10.1 Å². The molecule has 0 aromatic carbocycles. The molecule has 0 aliphatic carbocycles. The molecule has 1 aromatic rings. The van der Waals surface area contributed by atoms with Crippen molar-refractivity contribution < 1.29 is 13.9 Å². The average molecular weight is 174 g/mol. The smallest absolute Gasteiger partial charge is 0.264 e. The maximum absolute atomic E-state index is 12.1. The van der Waals surface area contributed by atoms with Gasteiger partial charge in [-0.1, -0.05) is 0 Å². The van der Waals surface area contributed by atoms with Crippen LogP contribution in [0.2, 0.25) is 0 Å². The van der Waals surface area contributed by atoms with E-state index < -0.39 is 6.43 Å². The molecule has 0 saturated heterocycles. The molecule has 12 heavy (non-hydrogen) atoms. The standard InChI is InChI=1S/C7H8F2N2O/c8-7(9)4-1-5(3-12)11-6(10)2-4/h1-2,7,12H,3H2,(H2,10,11). The summed E-state index contributed by atoms with van der Waals surface area (Å²) in [7, 11) is 0. The van der Waals surface area contributed by atoms with E-state index in [1.807, 2.05) is 0 Å². The Bertz CT molecular complexity index is 278. The van der Waals surface area contributed by atoms with Crippen LogP contribution in [0.5, 0.6) is 0 Å². The molecule has 0 radical (unpaired) electrons. The van der Waals surface area contributed by atoms with Crippen molar-refractivity contribution in [3.8, 4) is 0 Å². The third kappa shape index (κ3) is 1.88. The summed E-state index contributed by atoms with van der Waals surface area (Å²) in [5.41, 5.74) is 5.16. The van der Waals surface area contributed by atoms with Gasteiger partial charge in [-0.05, 0) is 12.1 Å². The molecule has 5 heteroatoms. The lowest BCUT2D eigenvalue weighted by atomic mass is 10.2. The topological polar surface area (TPSA) is 59.1 Å². The van der Waals surface area contributed by atoms with Crippen LogP contribution in [0.3, 0.4) is 0 Å². The molecule has 0 saturated carbocycles. The Hall–Kier alpha value is -1.23. The molecule has 0 amide bonds. The van der Waals surface area contributed by atoms with E-state index in [1.165, 1.54) is 0 Å². The first kappa shape index (κ1) is 8.86. The zero-order chi connectivity index (χ0) is 9.14. The van der Waals surface area contributed by atoms with Crippen molar-refractivity contribution in [1.82, 2.24) is 4.98 Å². The van der Waals surface area contributed by atoms with Gasteiger partial charge in [-0.2, -0.15) is 0 Å². The first-order valence-electron chi connectivity index (χ1n) is 3.29. The number of hydrogen-bond acceptors (Lipinski definition) is 3. The van der Waals surface area contributed by atoms with Crippen LogP contribution in [0, 0.1) is 0 Å². The summed E-state index contributed by atoms with van der Waals surface area (Å²) < 4.78 is 24.2. The van der Waals surface area contributed by atoms with Crippen LogP contribution in [0.15, 0.2) is 12.1 Å². The third-order valence-electron chi connectivity index (χ3n) is 1.33. The summed E-state index contributed by atoms with van der Waals surface area (Å²) in [4.78, 5) is 3.63. The van der Waals surface area contributed by atoms with Gasteiger partial charge in [0.05, 0.1) is 12.3 Å². The molecule has 0 atom stereocenters. The lowest BCUT2D eigenvalue weighted by molar-refractivity contribution is 0.151. The van der Waals surface area contributed by atoms with Crippen molar-refractivity contribution in [3.63, 3.8) is 0 Å². The molecular weight excluding hydrogens is 166 g/mol. The quantitative estimate of drug-likeness (QED) is 0.705. The van der Waals surface area contributed by atoms with Gasteiger partial charge in [0.25, 0.3) is 6.43 Å². The minimum Gasteiger partial charge on any atom is -0.390 e. The van der Waals surface area contributed by atoms with E-state index in [1.54, 1.807) is 0 Å². The Labute approximate surface area is 67.8 Å². The summed E-state index contributed by atoms with van der Waals surface area (Å²) in [6.45, 7) is -0.384. The zero-order valence-electron chi connectivity index (χ0n) is 6.17. The average Bonchev–Trinajstić information content (AvgIpc) is 2.03. The molecule has 0 aliphatic heterocycles. The maximum atomic E-state index is 12.1. The van der Waals surface area contributed by atoms with Crippen molar-refractivity contribution in [1.29, 1.82) is 0 Å². The molecule has 0 fully saturated rings. The Morgan fingerprint density at radius 1 is 1.50 bits per heavy atom. The fraction of sp³-hybridized carbons (Fsp3) is 0.286. The van der Waals surface area contributed by atoms with Gasteiger partial charge < -0.3 is 10.8 Å². The third-order valence-corrected chi connectivity index (χ3v) is 1.33. The SMILES string of the molecule is Nc1cc(C(F)F)cc(CO)n1. The van der Waals surface area contributed by atoms with Crippen molar-refractivity contribution in [2.45, 2.75) is 13.0 Å². The molecular formula is C7H8F2N2O. The Balaban J connectivity index is 3.06. The number of rotatable bonds is 2. The number of pyridine rings is 1. The van der Waals surface area contributed by atoms with Crippen molar-refractivity contribution in [3.05, 3.63) is 23.4 Å². The number of halogens is 2. The fourth-order valence-corrected chi connectivity index (χ4v) is 0.842. The highest BCUT2D eigenvalue weighted by atomic mass is 19.3. The van der Waals surface area contributed by atoms with E-state index in [-0.39, 0.29) is 23.7 Å². The summed E-state index contributed by atoms with van der Waals surface area (Å²) >= 11 is 0. The highest BCUT2D eigenvalue weighted by Crippen LogP contribution is 2.20. The summed E-state index contributed by atoms with van der Waals surface area (Å²) in [5, 5.41) is 8.61. The Morgan fingerprint density at radius 3 is 2.67 bits per heavy atom. The summed E-state index contributed by atoms with van der Waals surface area (Å²) in [6.07, 6.45) is -2.58. The van der Waals surface area contributed by atoms with E-state index in [2.05, 4.69) is 4.98 Å². The van der Waals surface area contributed by atoms with Gasteiger partial charge in [0, 0.05) is 5.56 Å². The van der Waals surface area contributed by atoms with E-state index in [9.17, 15) is 8.78 Å². The van der Waals surface area contributed by atoms with Gasteiger partial charge in [0.2, 0.25) is 0 Å². The largest absolute Gasteiger partial charge is 0.390 e. The van der Waals surface area contributed by atoms with Crippen LogP contribution < -0.4 is 5.73 Å². The second-order valence-corrected chi connectivity index (χ2v) is 2.28. The van der Waals surface area contributed by atoms with Gasteiger partial charge in [0.15, 0.2) is 0 Å². The molecule has 0 unspecified atom stereocenters. The predicted molar refractivity (Wildman–Crippen MR) is 39.5 cm³/mol. The lowest BCUT2D eigenvalue weighted by Gasteiger charge is -2.02. The van der Waals surface area contributed by atoms with Crippen molar-refractivity contribution in [2.24, 2.45) is 0 Å². The normalized spacial score (nSPS) is 10.7. The number of nitrogen functional groups attached to an aromatic ring is 1. The number of nitrogens with two attached hydrogens (primary N) is 1. The maximum Gasteiger partial charge on any atom is 0.264 e. The van der Waals surface area contributed by atoms with Crippen LogP contribution in [0.4, 0.5) is 14.6 Å². The zero-order valence-corrected chi connectivity index (χ0v) is 6.17. The van der Waals surface area contributed by atoms with Gasteiger partial charge in [-0.25, -0.2) is 13.8 Å². The Morgan fingerprint density at radius 2 is 2.17 bits per heavy atom. The first-order chi connectivity index (χ1) is 5.63. The van der Waals surface area contributed by atoms with E-state index in [0.29, 0.717) is 0 Å². The summed E-state index contributed by atoms with van der Waals surface area (Å²) in [6, 6.07) is 2.21. The number of aliphatic hydroxyl groups is 1. The molecule has 3 nitrogen and oxygen atoms in total. The molecule has 0 spiro atoms. The number of aliphatic hydroxyl groups excluding tert-OH is 1. The van der Waals surface area contributed by atoms with Crippen molar-refractivity contribution in [2.75, 3.05) is 5.73 Å². The minimum atomic E-state index is -2.58. The van der Waals surface area contributed by atoms with Crippen LogP contribution in [-0.2, 0) is 6.61 Å². The number of alkyl halides is 2. The molecule has 3 N–H and O–H groups in total. The van der Waals surface area contributed by atoms with Gasteiger partial charge in [-0.15, -0.1) is 0 Å². The van der Waals surface area contributed by atoms with Crippen molar-refractivity contribution >= 4 is 5.82 Å². The molecule has 0 bridgehead atoms. The molecule has 66 valence electrons. The first-order valence-corrected chi connectivity index (χ1v) is 3.29. The minimum absolute atomic E-state index is 0.00292. The second kappa shape index (κ2) is 3.44. The van der Waals surface area contributed by atoms with Gasteiger partial charge in [-0.3, -0.25) is 0 Å². The van der Waals surface area contributed by atoms with Gasteiger partial charge >= 0.3 is 0 Å². The van der Waals surface area contributed by atoms with E-state index in [0.717, 1.165) is 12.1 Å². The Kier molecular flexibility index (Phi) is 2.54. The van der Waals surface area contributed by atoms with E-state index >= 15 is 0 Å². The second-order valence-electron chi connectivity index (χ2n) is 2.28.